The molecule has 0 saturated heterocycles. The third-order valence-electron chi connectivity index (χ3n) is 9.15. The average molecular weight is 751 g/mol. The van der Waals surface area contributed by atoms with Crippen LogP contribution in [0.1, 0.15) is 42.0 Å². The number of anilines is 2. The number of nitrogens with one attached hydrogen (secondary N) is 4. The molecule has 278 valence electrons. The summed E-state index contributed by atoms with van der Waals surface area (Å²) in [5, 5.41) is 6.10. The molecule has 0 aliphatic heterocycles. The van der Waals surface area contributed by atoms with Crippen molar-refractivity contribution in [1.29, 1.82) is 0 Å². The van der Waals surface area contributed by atoms with Crippen molar-refractivity contribution in [2.75, 3.05) is 37.3 Å². The molecule has 52 heavy (non-hydrogen) atoms. The van der Waals surface area contributed by atoms with Crippen LogP contribution in [0.15, 0.2) is 94.7 Å². The highest BCUT2D eigenvalue weighted by Crippen LogP contribution is 2.36. The predicted molar refractivity (Wildman–Crippen MR) is 201 cm³/mol. The molecule has 0 aromatic heterocycles. The molecule has 0 unspecified atom stereocenters. The van der Waals surface area contributed by atoms with E-state index in [1.165, 1.54) is 0 Å². The monoisotopic (exact) mass is 750 g/mol. The number of carbonyl (C=O) groups excluding carboxylic acids is 1. The minimum Gasteiger partial charge on any atom is -0.496 e. The third-order valence-corrected chi connectivity index (χ3v) is 12.1. The van der Waals surface area contributed by atoms with Crippen LogP contribution in [0.25, 0.3) is 0 Å². The molecule has 4 aromatic rings. The first-order valence-corrected chi connectivity index (χ1v) is 20.1. The van der Waals surface area contributed by atoms with Crippen LogP contribution < -0.4 is 29.6 Å². The van der Waals surface area contributed by atoms with Crippen LogP contribution in [0.3, 0.4) is 0 Å². The van der Waals surface area contributed by atoms with Gasteiger partial charge < -0.3 is 24.8 Å². The molecule has 1 amide bonds. The minimum atomic E-state index is -3.75. The first-order valence-electron chi connectivity index (χ1n) is 17.1. The standard InChI is InChI=1S/C20H24N2O5S.C18H22N2O3S/c1-3-27-20(23)21-15-9-10-16-17(13-15)18(26-2)11-12-19(16)28(24,25)22-14-7-5-4-6-8-14;1-19-14-8-9-15-16(12-14)17(23-2)10-11-18(15)24(21,22)20-13-6-4-3-5-7-13/h4-8,11-12,15,22H,3,9-10,13H2,1-2H3,(H,21,23);3-7,10-11,14,19-20H,8-9,12H2,1-2H3/t15-;14-/m00/s1. The Morgan fingerprint density at radius 1 is 0.654 bits per heavy atom. The molecule has 4 aromatic carbocycles. The Morgan fingerprint density at radius 3 is 1.52 bits per heavy atom. The molecule has 0 bridgehead atoms. The van der Waals surface area contributed by atoms with E-state index in [0.717, 1.165) is 40.8 Å². The Balaban J connectivity index is 0.000000203. The van der Waals surface area contributed by atoms with Crippen molar-refractivity contribution >= 4 is 37.5 Å². The van der Waals surface area contributed by atoms with Crippen molar-refractivity contribution in [3.05, 3.63) is 107 Å². The summed E-state index contributed by atoms with van der Waals surface area (Å²) < 4.78 is 72.8. The first-order chi connectivity index (χ1) is 25.0. The van der Waals surface area contributed by atoms with Crippen molar-refractivity contribution in [2.24, 2.45) is 0 Å². The number of ether oxygens (including phenoxy) is 3. The zero-order valence-electron chi connectivity index (χ0n) is 29.8. The highest BCUT2D eigenvalue weighted by molar-refractivity contribution is 7.93. The van der Waals surface area contributed by atoms with E-state index in [1.54, 1.807) is 93.9 Å². The maximum Gasteiger partial charge on any atom is 0.407 e. The van der Waals surface area contributed by atoms with E-state index in [-0.39, 0.29) is 10.9 Å². The SMILES string of the molecule is CCOC(=O)N[C@H]1CCc2c(S(=O)(=O)Nc3ccccc3)ccc(OC)c2C1.CN[C@H]1CCc2c(S(=O)(=O)Nc3ccccc3)ccc(OC)c2C1. The van der Waals surface area contributed by atoms with Crippen molar-refractivity contribution in [2.45, 2.75) is 67.3 Å². The number of benzene rings is 4. The number of hydrogen-bond donors (Lipinski definition) is 4. The van der Waals surface area contributed by atoms with Gasteiger partial charge in [-0.1, -0.05) is 36.4 Å². The number of rotatable bonds is 11. The summed E-state index contributed by atoms with van der Waals surface area (Å²) >= 11 is 0. The molecule has 0 saturated carbocycles. The molecule has 0 heterocycles. The molecule has 14 heteroatoms. The van der Waals surface area contributed by atoms with E-state index >= 15 is 0 Å². The Kier molecular flexibility index (Phi) is 12.7. The third kappa shape index (κ3) is 9.16. The number of methoxy groups -OCH3 is 2. The largest absolute Gasteiger partial charge is 0.496 e. The summed E-state index contributed by atoms with van der Waals surface area (Å²) in [6.07, 6.45) is 3.52. The van der Waals surface area contributed by atoms with Gasteiger partial charge in [0.05, 0.1) is 30.6 Å². The summed E-state index contributed by atoms with van der Waals surface area (Å²) in [6.45, 7) is 2.04. The second kappa shape index (κ2) is 17.2. The Morgan fingerprint density at radius 2 is 1.10 bits per heavy atom. The van der Waals surface area contributed by atoms with Gasteiger partial charge in [0.2, 0.25) is 0 Å². The topological polar surface area (TPSA) is 161 Å². The second-order valence-electron chi connectivity index (χ2n) is 12.4. The highest BCUT2D eigenvalue weighted by Gasteiger charge is 2.30. The van der Waals surface area contributed by atoms with Crippen molar-refractivity contribution in [3.8, 4) is 11.5 Å². The number of likely N-dealkylation sites (N-methyl/N-ethyl adjacent to an activating group) is 1. The maximum atomic E-state index is 13.0. The lowest BCUT2D eigenvalue weighted by Gasteiger charge is -2.28. The van der Waals surface area contributed by atoms with Gasteiger partial charge >= 0.3 is 6.09 Å². The van der Waals surface area contributed by atoms with Crippen molar-refractivity contribution in [1.82, 2.24) is 10.6 Å². The van der Waals surface area contributed by atoms with E-state index in [0.29, 0.717) is 60.4 Å². The number of alkyl carbamates (subject to hydrolysis) is 1. The Bertz CT molecular complexity index is 2060. The van der Waals surface area contributed by atoms with Crippen molar-refractivity contribution in [3.63, 3.8) is 0 Å². The molecule has 0 radical (unpaired) electrons. The quantitative estimate of drug-likeness (QED) is 0.151. The fraction of sp³-hybridized carbons (Fsp3) is 0.342. The van der Waals surface area contributed by atoms with Crippen LogP contribution in [0.5, 0.6) is 11.5 Å². The molecule has 2 aliphatic carbocycles. The van der Waals surface area contributed by atoms with Gasteiger partial charge in [-0.2, -0.15) is 0 Å². The minimum absolute atomic E-state index is 0.138. The Hall–Kier alpha value is -4.79. The zero-order chi connectivity index (χ0) is 37.3. The van der Waals surface area contributed by atoms with Crippen LogP contribution in [-0.4, -0.2) is 62.9 Å². The molecule has 2 aliphatic rings. The lowest BCUT2D eigenvalue weighted by Crippen LogP contribution is -2.39. The van der Waals surface area contributed by atoms with Gasteiger partial charge in [-0.3, -0.25) is 9.44 Å². The number of hydrogen-bond acceptors (Lipinski definition) is 9. The van der Waals surface area contributed by atoms with Crippen LogP contribution in [0, 0.1) is 0 Å². The van der Waals surface area contributed by atoms with E-state index in [4.69, 9.17) is 14.2 Å². The summed E-state index contributed by atoms with van der Waals surface area (Å²) in [5.74, 6) is 1.37. The molecular formula is C38H46N4O8S2. The van der Waals surface area contributed by atoms with Gasteiger partial charge in [0, 0.05) is 34.6 Å². The van der Waals surface area contributed by atoms with E-state index in [1.807, 2.05) is 19.2 Å². The summed E-state index contributed by atoms with van der Waals surface area (Å²) in [4.78, 5) is 12.3. The normalized spacial score (nSPS) is 16.5. The summed E-state index contributed by atoms with van der Waals surface area (Å²) in [6, 6.07) is 24.5. The maximum absolute atomic E-state index is 13.0. The van der Waals surface area contributed by atoms with Gasteiger partial charge in [0.15, 0.2) is 0 Å². The molecule has 6 rings (SSSR count). The van der Waals surface area contributed by atoms with Gasteiger partial charge in [-0.15, -0.1) is 0 Å². The molecule has 2 atom stereocenters. The van der Waals surface area contributed by atoms with Crippen LogP contribution in [0.4, 0.5) is 16.2 Å². The van der Waals surface area contributed by atoms with Gasteiger partial charge in [-0.05, 0) is 112 Å². The van der Waals surface area contributed by atoms with Gasteiger partial charge in [0.25, 0.3) is 20.0 Å². The fourth-order valence-corrected chi connectivity index (χ4v) is 9.36. The average Bonchev–Trinajstić information content (AvgIpc) is 3.14. The second-order valence-corrected chi connectivity index (χ2v) is 15.7. The molecule has 4 N–H and O–H groups in total. The van der Waals surface area contributed by atoms with Crippen molar-refractivity contribution < 1.29 is 35.8 Å². The predicted octanol–water partition coefficient (Wildman–Crippen LogP) is 5.67. The van der Waals surface area contributed by atoms with Crippen LogP contribution >= 0.6 is 0 Å². The smallest absolute Gasteiger partial charge is 0.407 e. The molecule has 12 nitrogen and oxygen atoms in total. The number of carbonyl (C=O) groups is 1. The summed E-state index contributed by atoms with van der Waals surface area (Å²) in [5.41, 5.74) is 4.44. The van der Waals surface area contributed by atoms with Gasteiger partial charge in [-0.25, -0.2) is 21.6 Å². The fourth-order valence-electron chi connectivity index (χ4n) is 6.66. The Labute approximate surface area is 306 Å². The first kappa shape index (κ1) is 38.4. The number of sulfonamides is 2. The van der Waals surface area contributed by atoms with E-state index in [2.05, 4.69) is 20.1 Å². The lowest BCUT2D eigenvalue weighted by molar-refractivity contribution is 0.147. The number of fused-ring (bicyclic) bond motifs is 2. The molecule has 0 spiro atoms. The summed E-state index contributed by atoms with van der Waals surface area (Å²) in [7, 11) is -2.28. The number of para-hydroxylation sites is 2. The number of amides is 1. The zero-order valence-corrected chi connectivity index (χ0v) is 31.4. The molecule has 0 fully saturated rings. The van der Waals surface area contributed by atoms with E-state index in [9.17, 15) is 21.6 Å². The molecular weight excluding hydrogens is 705 g/mol. The van der Waals surface area contributed by atoms with Gasteiger partial charge in [0.1, 0.15) is 11.5 Å². The lowest BCUT2D eigenvalue weighted by atomic mass is 9.87. The highest BCUT2D eigenvalue weighted by atomic mass is 32.2. The van der Waals surface area contributed by atoms with Crippen LogP contribution in [-0.2, 0) is 50.5 Å². The van der Waals surface area contributed by atoms with Crippen LogP contribution in [0.2, 0.25) is 0 Å². The van der Waals surface area contributed by atoms with E-state index < -0.39 is 26.1 Å².